The molecule has 1 aliphatic rings. The Morgan fingerprint density at radius 2 is 1.70 bits per heavy atom. The first-order chi connectivity index (χ1) is 26.2. The predicted octanol–water partition coefficient (Wildman–Crippen LogP) is 7.72. The van der Waals surface area contributed by atoms with Crippen LogP contribution in [0.15, 0.2) is 114 Å². The summed E-state index contributed by atoms with van der Waals surface area (Å²) in [4.78, 5) is 44.6. The van der Waals surface area contributed by atoms with Gasteiger partial charge in [-0.1, -0.05) is 54.6 Å². The number of carbonyl (C=O) groups excluding carboxylic acids is 3. The van der Waals surface area contributed by atoms with E-state index in [4.69, 9.17) is 9.47 Å². The van der Waals surface area contributed by atoms with Crippen LogP contribution in [0, 0.1) is 11.3 Å². The van der Waals surface area contributed by atoms with Crippen LogP contribution in [0.1, 0.15) is 44.4 Å². The Kier molecular flexibility index (Phi) is 12.5. The Morgan fingerprint density at radius 1 is 0.944 bits per heavy atom. The first kappa shape index (κ1) is 37.9. The Bertz CT molecular complexity index is 2220. The van der Waals surface area contributed by atoms with Crippen LogP contribution in [0.4, 0.5) is 10.7 Å². The van der Waals surface area contributed by atoms with Crippen LogP contribution in [-0.4, -0.2) is 48.6 Å². The van der Waals surface area contributed by atoms with Gasteiger partial charge in [-0.05, 0) is 79.1 Å². The Morgan fingerprint density at radius 3 is 2.43 bits per heavy atom. The van der Waals surface area contributed by atoms with Crippen molar-refractivity contribution < 1.29 is 23.9 Å². The number of methoxy groups -OCH3 is 2. The van der Waals surface area contributed by atoms with Crippen LogP contribution in [0.2, 0.25) is 0 Å². The van der Waals surface area contributed by atoms with Crippen molar-refractivity contribution >= 4 is 57.6 Å². The summed E-state index contributed by atoms with van der Waals surface area (Å²) in [7, 11) is 3.05. The summed E-state index contributed by atoms with van der Waals surface area (Å²) in [6.07, 6.45) is 2.28. The van der Waals surface area contributed by atoms with Gasteiger partial charge >= 0.3 is 0 Å². The number of nitrogens with zero attached hydrogens (tertiary/aromatic N) is 2. The summed E-state index contributed by atoms with van der Waals surface area (Å²) >= 11 is 2.79. The van der Waals surface area contributed by atoms with Gasteiger partial charge in [-0.25, -0.2) is 0 Å². The molecule has 1 aliphatic heterocycles. The number of ether oxygens (including phenoxy) is 2. The lowest BCUT2D eigenvalue weighted by Gasteiger charge is -2.26. The smallest absolute Gasteiger partial charge is 0.272 e. The normalized spacial score (nSPS) is 13.2. The average molecular weight is 758 g/mol. The number of hydrogen-bond acceptors (Lipinski definition) is 9. The lowest BCUT2D eigenvalue weighted by atomic mass is 10.0. The number of nitrogens with one attached hydrogen (secondary N) is 3. The van der Waals surface area contributed by atoms with Crippen LogP contribution in [-0.2, 0) is 29.1 Å². The predicted molar refractivity (Wildman–Crippen MR) is 214 cm³/mol. The number of hydrogen-bond donors (Lipinski definition) is 3. The molecule has 10 nitrogen and oxygen atoms in total. The Balaban J connectivity index is 1.14. The molecule has 0 fully saturated rings. The molecule has 0 spiro atoms. The van der Waals surface area contributed by atoms with Crippen LogP contribution in [0.25, 0.3) is 6.08 Å². The zero-order valence-corrected chi connectivity index (χ0v) is 31.7. The van der Waals surface area contributed by atoms with Crippen molar-refractivity contribution in [3.8, 4) is 17.6 Å². The summed E-state index contributed by atoms with van der Waals surface area (Å²) in [6, 6.07) is 33.5. The van der Waals surface area contributed by atoms with Gasteiger partial charge in [0, 0.05) is 46.2 Å². The number of anilines is 2. The van der Waals surface area contributed by atoms with E-state index in [1.165, 1.54) is 49.0 Å². The summed E-state index contributed by atoms with van der Waals surface area (Å²) in [5.41, 5.74) is 4.15. The van der Waals surface area contributed by atoms with Crippen molar-refractivity contribution in [3.63, 3.8) is 0 Å². The molecule has 0 bridgehead atoms. The fraction of sp³-hybridized carbons (Fsp3) is 0.190. The molecule has 2 heterocycles. The van der Waals surface area contributed by atoms with Crippen LogP contribution < -0.4 is 25.4 Å². The maximum absolute atomic E-state index is 13.8. The molecule has 3 amide bonds. The zero-order valence-electron chi connectivity index (χ0n) is 30.1. The van der Waals surface area contributed by atoms with Gasteiger partial charge in [-0.2, -0.15) is 5.26 Å². The molecule has 1 atom stereocenters. The minimum Gasteiger partial charge on any atom is -0.497 e. The topological polar surface area (TPSA) is 133 Å². The van der Waals surface area contributed by atoms with Crippen molar-refractivity contribution in [2.45, 2.75) is 36.6 Å². The first-order valence-corrected chi connectivity index (χ1v) is 18.9. The van der Waals surface area contributed by atoms with Crippen molar-refractivity contribution in [2.75, 3.05) is 31.4 Å². The summed E-state index contributed by atoms with van der Waals surface area (Å²) in [6.45, 7) is 4.19. The third-order valence-corrected chi connectivity index (χ3v) is 11.0. The highest BCUT2D eigenvalue weighted by Crippen LogP contribution is 2.38. The minimum absolute atomic E-state index is 0.0173. The van der Waals surface area contributed by atoms with Gasteiger partial charge in [0.05, 0.1) is 25.0 Å². The average Bonchev–Trinajstić information content (AvgIpc) is 3.54. The number of thioether (sulfide) groups is 1. The Labute approximate surface area is 322 Å². The molecule has 12 heteroatoms. The molecule has 0 aliphatic carbocycles. The number of rotatable bonds is 13. The number of amides is 3. The molecule has 0 radical (unpaired) electrons. The molecule has 0 saturated carbocycles. The van der Waals surface area contributed by atoms with Gasteiger partial charge in [-0.15, -0.1) is 23.1 Å². The van der Waals surface area contributed by atoms with Crippen molar-refractivity contribution in [1.29, 1.82) is 5.26 Å². The highest BCUT2D eigenvalue weighted by molar-refractivity contribution is 8.00. The van der Waals surface area contributed by atoms with Gasteiger partial charge in [0.1, 0.15) is 28.3 Å². The molecular formula is C42H39N5O5S2. The highest BCUT2D eigenvalue weighted by atomic mass is 32.2. The van der Waals surface area contributed by atoms with E-state index in [1.807, 2.05) is 24.3 Å². The number of fused-ring (bicyclic) bond motifs is 1. The van der Waals surface area contributed by atoms with Crippen molar-refractivity contribution in [3.05, 3.63) is 142 Å². The second-order valence-electron chi connectivity index (χ2n) is 12.5. The van der Waals surface area contributed by atoms with Crippen LogP contribution in [0.3, 0.4) is 0 Å². The monoisotopic (exact) mass is 757 g/mol. The molecule has 1 unspecified atom stereocenters. The summed E-state index contributed by atoms with van der Waals surface area (Å²) in [5.74, 6) is -0.224. The number of benzene rings is 4. The van der Waals surface area contributed by atoms with Gasteiger partial charge in [0.25, 0.3) is 11.8 Å². The largest absolute Gasteiger partial charge is 0.497 e. The SMILES string of the molecule is COc1ccc(OC)c(/C=C(/NC(=O)c2ccccc2)C(=O)Nc2cccc(SC(C)C(=O)Nc3sc4c(c3C#N)CCN(Cc3ccccc3)C4)c2)c1. The van der Waals surface area contributed by atoms with E-state index in [0.29, 0.717) is 38.9 Å². The van der Waals surface area contributed by atoms with Crippen molar-refractivity contribution in [2.24, 2.45) is 0 Å². The fourth-order valence-electron chi connectivity index (χ4n) is 6.01. The molecule has 6 rings (SSSR count). The standard InChI is InChI=1S/C42H39N5O5S2/c1-27(39(48)46-42-35(24-43)34-19-20-47(26-38(34)54-42)25-28-11-6-4-7-12-28)53-33-16-10-15-31(23-33)44-41(50)36(45-40(49)29-13-8-5-9-14-29)22-30-21-32(51-2)17-18-37(30)52-3/h4-18,21-23,27H,19-20,25-26H2,1-3H3,(H,44,50)(H,45,49)(H,46,48)/b36-22+. The number of thiophene rings is 1. The first-order valence-electron chi connectivity index (χ1n) is 17.2. The second kappa shape index (κ2) is 17.8. The minimum atomic E-state index is -0.565. The molecule has 0 saturated heterocycles. The maximum Gasteiger partial charge on any atom is 0.272 e. The zero-order chi connectivity index (χ0) is 38.0. The van der Waals surface area contributed by atoms with E-state index in [-0.39, 0.29) is 11.6 Å². The van der Waals surface area contributed by atoms with Crippen molar-refractivity contribution in [1.82, 2.24) is 10.2 Å². The molecule has 3 N–H and O–H groups in total. The summed E-state index contributed by atoms with van der Waals surface area (Å²) in [5, 5.41) is 18.8. The maximum atomic E-state index is 13.8. The van der Waals surface area contributed by atoms with Gasteiger partial charge in [0.15, 0.2) is 0 Å². The van der Waals surface area contributed by atoms with E-state index >= 15 is 0 Å². The van der Waals surface area contributed by atoms with E-state index in [0.717, 1.165) is 41.4 Å². The van der Waals surface area contributed by atoms with Gasteiger partial charge in [-0.3, -0.25) is 19.3 Å². The van der Waals surface area contributed by atoms with E-state index < -0.39 is 17.1 Å². The lowest BCUT2D eigenvalue weighted by Crippen LogP contribution is -2.30. The molecule has 4 aromatic carbocycles. The molecule has 1 aromatic heterocycles. The van der Waals surface area contributed by atoms with Gasteiger partial charge < -0.3 is 25.4 Å². The number of carbonyl (C=O) groups is 3. The number of nitriles is 1. The van der Waals surface area contributed by atoms with Gasteiger partial charge in [0.2, 0.25) is 5.91 Å². The molecule has 5 aromatic rings. The third-order valence-electron chi connectivity index (χ3n) is 8.77. The molecule has 54 heavy (non-hydrogen) atoms. The molecular weight excluding hydrogens is 719 g/mol. The third kappa shape index (κ3) is 9.37. The lowest BCUT2D eigenvalue weighted by molar-refractivity contribution is -0.115. The van der Waals surface area contributed by atoms with E-state index in [1.54, 1.807) is 73.7 Å². The summed E-state index contributed by atoms with van der Waals surface area (Å²) < 4.78 is 10.9. The van der Waals surface area contributed by atoms with E-state index in [9.17, 15) is 19.6 Å². The highest BCUT2D eigenvalue weighted by Gasteiger charge is 2.27. The second-order valence-corrected chi connectivity index (χ2v) is 15.0. The van der Waals surface area contributed by atoms with Crippen LogP contribution in [0.5, 0.6) is 11.5 Å². The Hall–Kier alpha value is -5.87. The quantitative estimate of drug-likeness (QED) is 0.0822. The fourth-order valence-corrected chi connectivity index (χ4v) is 8.18. The molecule has 274 valence electrons. The van der Waals surface area contributed by atoms with Crippen LogP contribution >= 0.6 is 23.1 Å². The van der Waals surface area contributed by atoms with E-state index in [2.05, 4.69) is 39.1 Å².